The number of hydrogen-bond acceptors (Lipinski definition) is 5. The molecular weight excluding hydrogens is 322 g/mol. The van der Waals surface area contributed by atoms with Crippen molar-refractivity contribution in [3.8, 4) is 5.88 Å². The fourth-order valence-corrected chi connectivity index (χ4v) is 3.34. The molecule has 136 valence electrons. The molecule has 0 saturated carbocycles. The molecule has 7 nitrogen and oxygen atoms in total. The number of carbonyl (C=O) groups is 2. The molecule has 0 radical (unpaired) electrons. The van der Waals surface area contributed by atoms with Crippen LogP contribution in [0.1, 0.15) is 54.7 Å². The summed E-state index contributed by atoms with van der Waals surface area (Å²) >= 11 is 0. The van der Waals surface area contributed by atoms with Crippen molar-refractivity contribution in [2.75, 3.05) is 20.3 Å². The van der Waals surface area contributed by atoms with E-state index in [1.807, 2.05) is 13.8 Å². The van der Waals surface area contributed by atoms with Gasteiger partial charge in [-0.15, -0.1) is 0 Å². The molecule has 0 spiro atoms. The quantitative estimate of drug-likeness (QED) is 0.876. The molecule has 0 aliphatic carbocycles. The van der Waals surface area contributed by atoms with Crippen molar-refractivity contribution in [3.63, 3.8) is 0 Å². The molecule has 2 amide bonds. The highest BCUT2D eigenvalue weighted by Gasteiger charge is 2.36. The van der Waals surface area contributed by atoms with Gasteiger partial charge >= 0.3 is 0 Å². The number of hydrogen-bond donors (Lipinski definition) is 1. The summed E-state index contributed by atoms with van der Waals surface area (Å²) in [4.78, 5) is 31.1. The average molecular weight is 347 g/mol. The van der Waals surface area contributed by atoms with Gasteiger partial charge in [-0.25, -0.2) is 4.98 Å². The predicted octanol–water partition coefficient (Wildman–Crippen LogP) is 1.64. The molecule has 1 aromatic heterocycles. The molecule has 1 fully saturated rings. The third-order valence-electron chi connectivity index (χ3n) is 4.96. The summed E-state index contributed by atoms with van der Waals surface area (Å²) in [5.41, 5.74) is 1.22. The second-order valence-corrected chi connectivity index (χ2v) is 6.69. The SMILES string of the molecule is CCN1Cc2nc(OC)c(CNC(=O)C3(C)CCCCO3)cc2C1=O. The van der Waals surface area contributed by atoms with Crippen LogP contribution in [0.3, 0.4) is 0 Å². The van der Waals surface area contributed by atoms with E-state index in [0.717, 1.165) is 18.5 Å². The fourth-order valence-electron chi connectivity index (χ4n) is 3.34. The van der Waals surface area contributed by atoms with Gasteiger partial charge < -0.3 is 19.7 Å². The van der Waals surface area contributed by atoms with E-state index < -0.39 is 5.60 Å². The zero-order valence-corrected chi connectivity index (χ0v) is 15.1. The maximum atomic E-state index is 12.5. The lowest BCUT2D eigenvalue weighted by atomic mass is 9.95. The molecule has 25 heavy (non-hydrogen) atoms. The van der Waals surface area contributed by atoms with Crippen LogP contribution in [0, 0.1) is 0 Å². The Kier molecular flexibility index (Phi) is 4.94. The van der Waals surface area contributed by atoms with Crippen LogP contribution in [-0.2, 0) is 22.6 Å². The van der Waals surface area contributed by atoms with Crippen LogP contribution in [-0.4, -0.2) is 47.6 Å². The Balaban J connectivity index is 1.75. The zero-order valence-electron chi connectivity index (χ0n) is 15.1. The Morgan fingerprint density at radius 3 is 2.92 bits per heavy atom. The number of pyridine rings is 1. The van der Waals surface area contributed by atoms with Crippen molar-refractivity contribution in [2.24, 2.45) is 0 Å². The Morgan fingerprint density at radius 2 is 2.28 bits per heavy atom. The number of nitrogens with one attached hydrogen (secondary N) is 1. The van der Waals surface area contributed by atoms with E-state index in [2.05, 4.69) is 10.3 Å². The van der Waals surface area contributed by atoms with Crippen molar-refractivity contribution in [3.05, 3.63) is 22.9 Å². The van der Waals surface area contributed by atoms with Crippen molar-refractivity contribution >= 4 is 11.8 Å². The summed E-state index contributed by atoms with van der Waals surface area (Å²) in [5, 5.41) is 2.91. The minimum atomic E-state index is -0.787. The molecule has 1 unspecified atom stereocenters. The topological polar surface area (TPSA) is 80.8 Å². The highest BCUT2D eigenvalue weighted by atomic mass is 16.5. The Labute approximate surface area is 147 Å². The fraction of sp³-hybridized carbons (Fsp3) is 0.611. The molecule has 7 heteroatoms. The van der Waals surface area contributed by atoms with E-state index in [4.69, 9.17) is 9.47 Å². The van der Waals surface area contributed by atoms with E-state index >= 15 is 0 Å². The van der Waals surface area contributed by atoms with Gasteiger partial charge in [0.15, 0.2) is 0 Å². The predicted molar refractivity (Wildman–Crippen MR) is 91.3 cm³/mol. The summed E-state index contributed by atoms with van der Waals surface area (Å²) < 4.78 is 11.0. The summed E-state index contributed by atoms with van der Waals surface area (Å²) in [6.07, 6.45) is 2.68. The van der Waals surface area contributed by atoms with Gasteiger partial charge in [-0.1, -0.05) is 0 Å². The van der Waals surface area contributed by atoms with E-state index in [1.165, 1.54) is 0 Å². The van der Waals surface area contributed by atoms with Crippen molar-refractivity contribution in [1.82, 2.24) is 15.2 Å². The van der Waals surface area contributed by atoms with Crippen LogP contribution in [0.4, 0.5) is 0 Å². The number of methoxy groups -OCH3 is 1. The lowest BCUT2D eigenvalue weighted by Crippen LogP contribution is -2.48. The number of ether oxygens (including phenoxy) is 2. The van der Waals surface area contributed by atoms with Gasteiger partial charge in [-0.2, -0.15) is 0 Å². The third-order valence-corrected chi connectivity index (χ3v) is 4.96. The first-order valence-corrected chi connectivity index (χ1v) is 8.77. The van der Waals surface area contributed by atoms with E-state index in [9.17, 15) is 9.59 Å². The van der Waals surface area contributed by atoms with Gasteiger partial charge in [-0.3, -0.25) is 9.59 Å². The summed E-state index contributed by atoms with van der Waals surface area (Å²) in [6, 6.07) is 1.78. The van der Waals surface area contributed by atoms with Gasteiger partial charge in [0.2, 0.25) is 5.88 Å². The van der Waals surface area contributed by atoms with Gasteiger partial charge in [0.1, 0.15) is 5.60 Å². The standard InChI is InChI=1S/C18H25N3O4/c1-4-21-11-14-13(16(21)22)9-12(15(20-14)24-3)10-19-17(23)18(2)7-5-6-8-25-18/h9H,4-8,10-11H2,1-3H3,(H,19,23). The molecule has 1 aromatic rings. The van der Waals surface area contributed by atoms with Gasteiger partial charge in [0.25, 0.3) is 11.8 Å². The summed E-state index contributed by atoms with van der Waals surface area (Å²) in [5.74, 6) is 0.276. The first-order chi connectivity index (χ1) is 12.0. The minimum Gasteiger partial charge on any atom is -0.481 e. The number of fused-ring (bicyclic) bond motifs is 1. The maximum absolute atomic E-state index is 12.5. The van der Waals surface area contributed by atoms with Crippen LogP contribution in [0.2, 0.25) is 0 Å². The second-order valence-electron chi connectivity index (χ2n) is 6.69. The van der Waals surface area contributed by atoms with Crippen LogP contribution in [0.5, 0.6) is 5.88 Å². The molecule has 0 bridgehead atoms. The molecule has 1 saturated heterocycles. The maximum Gasteiger partial charge on any atom is 0.256 e. The van der Waals surface area contributed by atoms with E-state index in [1.54, 1.807) is 18.1 Å². The van der Waals surface area contributed by atoms with E-state index in [-0.39, 0.29) is 18.4 Å². The Bertz CT molecular complexity index is 683. The van der Waals surface area contributed by atoms with Crippen LogP contribution < -0.4 is 10.1 Å². The monoisotopic (exact) mass is 347 g/mol. The molecule has 3 rings (SSSR count). The number of aromatic nitrogens is 1. The normalized spacial score (nSPS) is 22.7. The van der Waals surface area contributed by atoms with Gasteiger partial charge in [-0.05, 0) is 39.2 Å². The highest BCUT2D eigenvalue weighted by Crippen LogP contribution is 2.28. The minimum absolute atomic E-state index is 0.0252. The van der Waals surface area contributed by atoms with E-state index in [0.29, 0.717) is 43.1 Å². The van der Waals surface area contributed by atoms with Gasteiger partial charge in [0.05, 0.1) is 24.9 Å². The number of amides is 2. The van der Waals surface area contributed by atoms with Crippen LogP contribution >= 0.6 is 0 Å². The first-order valence-electron chi connectivity index (χ1n) is 8.77. The van der Waals surface area contributed by atoms with Crippen molar-refractivity contribution in [2.45, 2.75) is 51.8 Å². The number of carbonyl (C=O) groups excluding carboxylic acids is 2. The number of rotatable bonds is 5. The molecular formula is C18H25N3O4. The molecule has 3 heterocycles. The lowest BCUT2D eigenvalue weighted by Gasteiger charge is -2.32. The summed E-state index contributed by atoms with van der Waals surface area (Å²) in [7, 11) is 1.54. The van der Waals surface area contributed by atoms with Crippen LogP contribution in [0.15, 0.2) is 6.07 Å². The third kappa shape index (κ3) is 3.33. The van der Waals surface area contributed by atoms with Crippen LogP contribution in [0.25, 0.3) is 0 Å². The smallest absolute Gasteiger partial charge is 0.256 e. The van der Waals surface area contributed by atoms with Crippen molar-refractivity contribution in [1.29, 1.82) is 0 Å². The molecule has 2 aliphatic rings. The Morgan fingerprint density at radius 1 is 1.48 bits per heavy atom. The average Bonchev–Trinajstić information content (AvgIpc) is 2.94. The first kappa shape index (κ1) is 17.7. The number of nitrogens with zero attached hydrogens (tertiary/aromatic N) is 2. The molecule has 1 N–H and O–H groups in total. The van der Waals surface area contributed by atoms with Gasteiger partial charge in [0, 0.05) is 25.3 Å². The summed E-state index contributed by atoms with van der Waals surface area (Å²) in [6.45, 7) is 5.75. The Hall–Kier alpha value is -2.15. The molecule has 0 aromatic carbocycles. The largest absolute Gasteiger partial charge is 0.481 e. The molecule has 1 atom stereocenters. The van der Waals surface area contributed by atoms with Crippen molar-refractivity contribution < 1.29 is 19.1 Å². The lowest BCUT2D eigenvalue weighted by molar-refractivity contribution is -0.150. The zero-order chi connectivity index (χ0) is 18.0. The second kappa shape index (κ2) is 7.00. The molecule has 2 aliphatic heterocycles. The highest BCUT2D eigenvalue weighted by molar-refractivity contribution is 5.98.